The van der Waals surface area contributed by atoms with Crippen LogP contribution in [-0.4, -0.2) is 87.2 Å². The van der Waals surface area contributed by atoms with Gasteiger partial charge in [0.05, 0.1) is 0 Å². The predicted molar refractivity (Wildman–Crippen MR) is 156 cm³/mol. The number of nitrogens with zero attached hydrogens (tertiary/aromatic N) is 1. The molecule has 0 aliphatic carbocycles. The van der Waals surface area contributed by atoms with E-state index < -0.39 is 65.7 Å². The number of hydrogen-bond acceptors (Lipinski definition) is 6. The van der Waals surface area contributed by atoms with Crippen LogP contribution in [0.3, 0.4) is 0 Å². The smallest absolute Gasteiger partial charge is 0.336 e. The Morgan fingerprint density at radius 1 is 0.907 bits per heavy atom. The van der Waals surface area contributed by atoms with Gasteiger partial charge in [-0.2, -0.15) is 0 Å². The van der Waals surface area contributed by atoms with E-state index in [1.54, 1.807) is 20.0 Å². The molecule has 2 aliphatic heterocycles. The van der Waals surface area contributed by atoms with Crippen LogP contribution >= 0.6 is 0 Å². The lowest BCUT2D eigenvalue weighted by molar-refractivity contribution is -0.152. The highest BCUT2D eigenvalue weighted by Gasteiger charge is 2.43. The van der Waals surface area contributed by atoms with Crippen LogP contribution in [0.5, 0.6) is 0 Å². The van der Waals surface area contributed by atoms with Crippen LogP contribution in [0.15, 0.2) is 30.5 Å². The summed E-state index contributed by atoms with van der Waals surface area (Å²) in [6.07, 6.45) is 2.63. The second-order valence-electron chi connectivity index (χ2n) is 12.0. The van der Waals surface area contributed by atoms with Gasteiger partial charge in [0, 0.05) is 30.1 Å². The Hall–Kier alpha value is -4.42. The van der Waals surface area contributed by atoms with Crippen molar-refractivity contribution in [1.29, 1.82) is 0 Å². The second kappa shape index (κ2) is 13.3. The Kier molecular flexibility index (Phi) is 9.72. The predicted octanol–water partition coefficient (Wildman–Crippen LogP) is 0.441. The first kappa shape index (κ1) is 31.5. The van der Waals surface area contributed by atoms with Gasteiger partial charge < -0.3 is 36.3 Å². The quantitative estimate of drug-likeness (QED) is 0.261. The van der Waals surface area contributed by atoms with Crippen LogP contribution in [0.2, 0.25) is 0 Å². The number of amides is 5. The molecule has 2 aliphatic rings. The van der Waals surface area contributed by atoms with E-state index in [4.69, 9.17) is 0 Å². The summed E-state index contributed by atoms with van der Waals surface area (Å²) >= 11 is 0. The summed E-state index contributed by atoms with van der Waals surface area (Å²) < 4.78 is 0. The van der Waals surface area contributed by atoms with Crippen molar-refractivity contribution in [3.8, 4) is 0 Å². The van der Waals surface area contributed by atoms with Crippen LogP contribution in [0.25, 0.3) is 10.9 Å². The van der Waals surface area contributed by atoms with E-state index in [1.807, 2.05) is 38.1 Å². The molecular weight excluding hydrogens is 556 g/mol. The average molecular weight is 597 g/mol. The Bertz CT molecular complexity index is 1400. The highest BCUT2D eigenvalue weighted by molar-refractivity contribution is 6.07. The number of aliphatic carboxylic acids is 1. The standard InChI is InChI=1S/C30H40N6O7/c1-15(2)12-20-25(37)32-21(13-17-14-31-19-9-6-5-8-18(17)19)26(38)35-24(30(42)43)29(41)36-11-7-10-22(36)27(39)34-23(16(3)4)28(40)33-20/h5-6,8-9,14-16,20-24,31H,7,10-13H2,1-4H3,(H,32,37)(H,33,40)(H,34,39)(H,35,38)(H,42,43)/t20-,21+,22-,23+,24-/m1/s1. The molecule has 6 N–H and O–H groups in total. The van der Waals surface area contributed by atoms with Crippen molar-refractivity contribution in [3.63, 3.8) is 0 Å². The van der Waals surface area contributed by atoms with Crippen molar-refractivity contribution >= 4 is 46.4 Å². The Balaban J connectivity index is 1.76. The SMILES string of the molecule is CC(C)C[C@H]1NC(=O)[C@H](C(C)C)NC(=O)[C@H]2CCCN2C(=O)[C@H](C(=O)O)NC(=O)[C@H](Cc2c[nH]c3ccccc23)NC1=O. The summed E-state index contributed by atoms with van der Waals surface area (Å²) in [4.78, 5) is 84.2. The van der Waals surface area contributed by atoms with Gasteiger partial charge in [-0.25, -0.2) is 4.79 Å². The number of hydrogen-bond donors (Lipinski definition) is 6. The van der Waals surface area contributed by atoms with Crippen LogP contribution in [0.1, 0.15) is 52.5 Å². The summed E-state index contributed by atoms with van der Waals surface area (Å²) in [6.45, 7) is 7.36. The zero-order valence-corrected chi connectivity index (χ0v) is 24.8. The van der Waals surface area contributed by atoms with E-state index in [2.05, 4.69) is 26.3 Å². The molecule has 43 heavy (non-hydrogen) atoms. The van der Waals surface area contributed by atoms with Gasteiger partial charge in [0.15, 0.2) is 0 Å². The number of carbonyl (C=O) groups excluding carboxylic acids is 5. The van der Waals surface area contributed by atoms with Crippen molar-refractivity contribution in [2.75, 3.05) is 6.54 Å². The van der Waals surface area contributed by atoms with Gasteiger partial charge in [-0.1, -0.05) is 45.9 Å². The van der Waals surface area contributed by atoms with Crippen LogP contribution < -0.4 is 21.3 Å². The van der Waals surface area contributed by atoms with E-state index in [1.165, 1.54) is 0 Å². The van der Waals surface area contributed by atoms with Crippen molar-refractivity contribution in [3.05, 3.63) is 36.0 Å². The molecule has 5 atom stereocenters. The zero-order valence-electron chi connectivity index (χ0n) is 24.8. The van der Waals surface area contributed by atoms with Crippen molar-refractivity contribution in [1.82, 2.24) is 31.2 Å². The molecular formula is C30H40N6O7. The van der Waals surface area contributed by atoms with Gasteiger partial charge >= 0.3 is 5.97 Å². The summed E-state index contributed by atoms with van der Waals surface area (Å²) in [5, 5.41) is 21.3. The number of nitrogens with one attached hydrogen (secondary N) is 5. The number of carboxylic acid groups (broad SMARTS) is 1. The molecule has 5 amide bonds. The van der Waals surface area contributed by atoms with Crippen molar-refractivity contribution in [2.24, 2.45) is 11.8 Å². The molecule has 0 unspecified atom stereocenters. The van der Waals surface area contributed by atoms with Crippen LogP contribution in [-0.2, 0) is 35.2 Å². The summed E-state index contributed by atoms with van der Waals surface area (Å²) in [5.74, 6) is -5.64. The first-order valence-corrected chi connectivity index (χ1v) is 14.7. The molecule has 1 aromatic carbocycles. The minimum atomic E-state index is -1.99. The number of aromatic amines is 1. The average Bonchev–Trinajstić information content (AvgIpc) is 3.60. The Labute approximate surface area is 249 Å². The molecule has 3 heterocycles. The highest BCUT2D eigenvalue weighted by Crippen LogP contribution is 2.22. The van der Waals surface area contributed by atoms with E-state index in [-0.39, 0.29) is 37.6 Å². The number of rotatable bonds is 6. The molecule has 0 saturated carbocycles. The first-order chi connectivity index (χ1) is 20.4. The third kappa shape index (κ3) is 7.15. The maximum atomic E-state index is 13.7. The third-order valence-electron chi connectivity index (χ3n) is 7.94. The third-order valence-corrected chi connectivity index (χ3v) is 7.94. The number of fused-ring (bicyclic) bond motifs is 2. The number of para-hydroxylation sites is 1. The number of carbonyl (C=O) groups is 6. The fraction of sp³-hybridized carbons (Fsp3) is 0.533. The normalized spacial score (nSPS) is 26.0. The number of carboxylic acids is 1. The van der Waals surface area contributed by atoms with E-state index >= 15 is 0 Å². The van der Waals surface area contributed by atoms with Crippen molar-refractivity contribution < 1.29 is 33.9 Å². The number of H-pyrrole nitrogens is 1. The topological polar surface area (TPSA) is 190 Å². The van der Waals surface area contributed by atoms with Gasteiger partial charge in [-0.05, 0) is 42.7 Å². The fourth-order valence-corrected chi connectivity index (χ4v) is 5.69. The van der Waals surface area contributed by atoms with Crippen LogP contribution in [0.4, 0.5) is 0 Å². The van der Waals surface area contributed by atoms with Gasteiger partial charge in [0.25, 0.3) is 5.91 Å². The molecule has 13 nitrogen and oxygen atoms in total. The summed E-state index contributed by atoms with van der Waals surface area (Å²) in [6, 6.07) is 1.03. The zero-order chi connectivity index (χ0) is 31.4. The minimum Gasteiger partial charge on any atom is -0.479 e. The molecule has 13 heteroatoms. The minimum absolute atomic E-state index is 0.0211. The van der Waals surface area contributed by atoms with Gasteiger partial charge in [-0.3, -0.25) is 24.0 Å². The molecule has 2 fully saturated rings. The maximum absolute atomic E-state index is 13.7. The van der Waals surface area contributed by atoms with Crippen LogP contribution in [0, 0.1) is 11.8 Å². The molecule has 0 spiro atoms. The van der Waals surface area contributed by atoms with E-state index in [9.17, 15) is 33.9 Å². The summed E-state index contributed by atoms with van der Waals surface area (Å²) in [7, 11) is 0. The largest absolute Gasteiger partial charge is 0.479 e. The Morgan fingerprint density at radius 3 is 2.26 bits per heavy atom. The highest BCUT2D eigenvalue weighted by atomic mass is 16.4. The van der Waals surface area contributed by atoms with Crippen molar-refractivity contribution in [2.45, 2.75) is 83.6 Å². The lowest BCUT2D eigenvalue weighted by Crippen LogP contribution is -2.60. The number of benzene rings is 1. The summed E-state index contributed by atoms with van der Waals surface area (Å²) in [5.41, 5.74) is 1.49. The second-order valence-corrected chi connectivity index (χ2v) is 12.0. The molecule has 2 aromatic rings. The molecule has 4 rings (SSSR count). The molecule has 232 valence electrons. The van der Waals surface area contributed by atoms with E-state index in [0.29, 0.717) is 12.0 Å². The van der Waals surface area contributed by atoms with E-state index in [0.717, 1.165) is 15.8 Å². The monoisotopic (exact) mass is 596 g/mol. The molecule has 1 aromatic heterocycles. The Morgan fingerprint density at radius 2 is 1.58 bits per heavy atom. The molecule has 2 saturated heterocycles. The molecule has 0 bridgehead atoms. The van der Waals surface area contributed by atoms with Gasteiger partial charge in [-0.15, -0.1) is 0 Å². The first-order valence-electron chi connectivity index (χ1n) is 14.7. The maximum Gasteiger partial charge on any atom is 0.336 e. The molecule has 0 radical (unpaired) electrons. The lowest BCUT2D eigenvalue weighted by Gasteiger charge is -2.29. The van der Waals surface area contributed by atoms with Gasteiger partial charge in [0.1, 0.15) is 24.2 Å². The fourth-order valence-electron chi connectivity index (χ4n) is 5.69. The lowest BCUT2D eigenvalue weighted by atomic mass is 9.98. The van der Waals surface area contributed by atoms with Gasteiger partial charge in [0.2, 0.25) is 29.7 Å². The number of aromatic nitrogens is 1.